The topological polar surface area (TPSA) is 9.23 Å². The summed E-state index contributed by atoms with van der Waals surface area (Å²) in [5, 5.41) is 0. The van der Waals surface area contributed by atoms with Crippen LogP contribution in [0, 0.1) is 12.7 Å². The molecule has 0 bridgehead atoms. The smallest absolute Gasteiger partial charge is 0.123 e. The van der Waals surface area contributed by atoms with Gasteiger partial charge in [0.05, 0.1) is 6.61 Å². The lowest BCUT2D eigenvalue weighted by molar-refractivity contribution is 0.336. The van der Waals surface area contributed by atoms with E-state index in [0.717, 1.165) is 23.3 Å². The third-order valence-electron chi connectivity index (χ3n) is 3.11. The molecule has 0 aliphatic carbocycles. The van der Waals surface area contributed by atoms with Crippen LogP contribution >= 0.6 is 15.9 Å². The lowest BCUT2D eigenvalue weighted by atomic mass is 10.0. The van der Waals surface area contributed by atoms with Crippen molar-refractivity contribution in [1.82, 2.24) is 0 Å². The Bertz CT molecular complexity index is 583. The van der Waals surface area contributed by atoms with Crippen molar-refractivity contribution in [1.29, 1.82) is 0 Å². The van der Waals surface area contributed by atoms with Crippen LogP contribution in [0.4, 0.5) is 4.39 Å². The summed E-state index contributed by atoms with van der Waals surface area (Å²) in [6.07, 6.45) is 0.723. The summed E-state index contributed by atoms with van der Waals surface area (Å²) in [4.78, 5) is 0.103. The van der Waals surface area contributed by atoms with Gasteiger partial charge in [-0.15, -0.1) is 0 Å². The Labute approximate surface area is 127 Å². The molecule has 0 heterocycles. The largest absolute Gasteiger partial charge is 0.494 e. The predicted molar refractivity (Wildman–Crippen MR) is 84.1 cm³/mol. The van der Waals surface area contributed by atoms with E-state index in [2.05, 4.69) is 28.9 Å². The standard InChI is InChI=1S/C17H18BrFO/c1-3-20-17-8-7-12(2)9-15(17)16(18)11-13-5-4-6-14(19)10-13/h4-10,16H,3,11H2,1-2H3. The van der Waals surface area contributed by atoms with Gasteiger partial charge in [-0.1, -0.05) is 45.8 Å². The minimum Gasteiger partial charge on any atom is -0.494 e. The van der Waals surface area contributed by atoms with Gasteiger partial charge in [0.25, 0.3) is 0 Å². The van der Waals surface area contributed by atoms with Crippen LogP contribution in [0.5, 0.6) is 5.75 Å². The van der Waals surface area contributed by atoms with E-state index in [4.69, 9.17) is 4.74 Å². The first-order chi connectivity index (χ1) is 9.60. The van der Waals surface area contributed by atoms with Crippen LogP contribution < -0.4 is 4.74 Å². The van der Waals surface area contributed by atoms with Crippen LogP contribution in [0.3, 0.4) is 0 Å². The van der Waals surface area contributed by atoms with Crippen molar-refractivity contribution in [3.63, 3.8) is 0 Å². The molecule has 2 aromatic carbocycles. The molecule has 2 aromatic rings. The van der Waals surface area contributed by atoms with Gasteiger partial charge in [0.15, 0.2) is 0 Å². The first-order valence-corrected chi connectivity index (χ1v) is 7.63. The summed E-state index contributed by atoms with van der Waals surface area (Å²) in [7, 11) is 0. The van der Waals surface area contributed by atoms with Gasteiger partial charge in [0.2, 0.25) is 0 Å². The minimum absolute atomic E-state index is 0.103. The van der Waals surface area contributed by atoms with Crippen molar-refractivity contribution in [2.24, 2.45) is 0 Å². The molecule has 0 N–H and O–H groups in total. The van der Waals surface area contributed by atoms with E-state index in [9.17, 15) is 4.39 Å². The number of hydrogen-bond acceptors (Lipinski definition) is 1. The van der Waals surface area contributed by atoms with Gasteiger partial charge in [0.1, 0.15) is 11.6 Å². The molecule has 0 saturated heterocycles. The van der Waals surface area contributed by atoms with Gasteiger partial charge in [-0.05, 0) is 44.0 Å². The van der Waals surface area contributed by atoms with Crippen molar-refractivity contribution >= 4 is 15.9 Å². The van der Waals surface area contributed by atoms with Gasteiger partial charge >= 0.3 is 0 Å². The number of rotatable bonds is 5. The summed E-state index contributed by atoms with van der Waals surface area (Å²) < 4.78 is 18.9. The fourth-order valence-electron chi connectivity index (χ4n) is 2.18. The summed E-state index contributed by atoms with van der Waals surface area (Å²) in [6, 6.07) is 12.9. The Hall–Kier alpha value is -1.35. The minimum atomic E-state index is -0.198. The number of hydrogen-bond donors (Lipinski definition) is 0. The third-order valence-corrected chi connectivity index (χ3v) is 3.92. The maximum atomic E-state index is 13.2. The summed E-state index contributed by atoms with van der Waals surface area (Å²) in [5.74, 6) is 0.688. The molecule has 1 unspecified atom stereocenters. The lowest BCUT2D eigenvalue weighted by Crippen LogP contribution is -2.02. The summed E-state index contributed by atoms with van der Waals surface area (Å²) in [6.45, 7) is 4.66. The van der Waals surface area contributed by atoms with E-state index >= 15 is 0 Å². The Morgan fingerprint density at radius 3 is 2.70 bits per heavy atom. The number of benzene rings is 2. The molecule has 1 nitrogen and oxygen atoms in total. The second-order valence-electron chi connectivity index (χ2n) is 4.78. The monoisotopic (exact) mass is 336 g/mol. The number of aryl methyl sites for hydroxylation is 1. The molecule has 106 valence electrons. The predicted octanol–water partition coefficient (Wildman–Crippen LogP) is 5.21. The van der Waals surface area contributed by atoms with Crippen molar-refractivity contribution in [2.45, 2.75) is 25.1 Å². The molecule has 2 rings (SSSR count). The van der Waals surface area contributed by atoms with E-state index in [1.54, 1.807) is 12.1 Å². The SMILES string of the molecule is CCOc1ccc(C)cc1C(Br)Cc1cccc(F)c1. The lowest BCUT2D eigenvalue weighted by Gasteiger charge is -2.16. The Balaban J connectivity index is 2.23. The molecule has 0 fully saturated rings. The molecule has 1 atom stereocenters. The highest BCUT2D eigenvalue weighted by Gasteiger charge is 2.14. The molecule has 0 aliphatic rings. The van der Waals surface area contributed by atoms with E-state index in [1.807, 2.05) is 25.1 Å². The van der Waals surface area contributed by atoms with Gasteiger partial charge in [0, 0.05) is 10.4 Å². The van der Waals surface area contributed by atoms with Crippen molar-refractivity contribution in [3.8, 4) is 5.75 Å². The second-order valence-corrected chi connectivity index (χ2v) is 5.88. The molecular formula is C17H18BrFO. The first-order valence-electron chi connectivity index (χ1n) is 6.72. The van der Waals surface area contributed by atoms with Crippen LogP contribution in [0.2, 0.25) is 0 Å². The average molecular weight is 337 g/mol. The molecule has 0 spiro atoms. The Kier molecular flexibility index (Phi) is 5.18. The van der Waals surface area contributed by atoms with Crippen LogP contribution in [-0.2, 0) is 6.42 Å². The average Bonchev–Trinajstić information content (AvgIpc) is 2.41. The number of halogens is 2. The highest BCUT2D eigenvalue weighted by Crippen LogP contribution is 2.34. The second kappa shape index (κ2) is 6.89. The Morgan fingerprint density at radius 2 is 2.00 bits per heavy atom. The zero-order chi connectivity index (χ0) is 14.5. The maximum absolute atomic E-state index is 13.2. The van der Waals surface area contributed by atoms with Gasteiger partial charge < -0.3 is 4.74 Å². The van der Waals surface area contributed by atoms with E-state index in [0.29, 0.717) is 6.61 Å². The molecule has 20 heavy (non-hydrogen) atoms. The van der Waals surface area contributed by atoms with Crippen molar-refractivity contribution < 1.29 is 9.13 Å². The van der Waals surface area contributed by atoms with Crippen LogP contribution in [-0.4, -0.2) is 6.61 Å². The molecule has 0 radical (unpaired) electrons. The van der Waals surface area contributed by atoms with Crippen molar-refractivity contribution in [3.05, 3.63) is 65.0 Å². The number of ether oxygens (including phenoxy) is 1. The fraction of sp³-hybridized carbons (Fsp3) is 0.294. The van der Waals surface area contributed by atoms with Crippen molar-refractivity contribution in [2.75, 3.05) is 6.61 Å². The normalized spacial score (nSPS) is 12.2. The van der Waals surface area contributed by atoms with E-state index in [-0.39, 0.29) is 10.6 Å². The van der Waals surface area contributed by atoms with Crippen LogP contribution in [0.25, 0.3) is 0 Å². The fourth-order valence-corrected chi connectivity index (χ4v) is 2.91. The van der Waals surface area contributed by atoms with Crippen LogP contribution in [0.1, 0.15) is 28.4 Å². The first kappa shape index (κ1) is 15.0. The number of alkyl halides is 1. The molecular weight excluding hydrogens is 319 g/mol. The molecule has 0 aromatic heterocycles. The van der Waals surface area contributed by atoms with E-state index in [1.165, 1.54) is 11.6 Å². The maximum Gasteiger partial charge on any atom is 0.123 e. The molecule has 0 saturated carbocycles. The van der Waals surface area contributed by atoms with Gasteiger partial charge in [-0.3, -0.25) is 0 Å². The summed E-state index contributed by atoms with van der Waals surface area (Å²) >= 11 is 3.70. The van der Waals surface area contributed by atoms with Gasteiger partial charge in [-0.25, -0.2) is 4.39 Å². The Morgan fingerprint density at radius 1 is 1.20 bits per heavy atom. The zero-order valence-corrected chi connectivity index (χ0v) is 13.3. The molecule has 0 aliphatic heterocycles. The quantitative estimate of drug-likeness (QED) is 0.681. The van der Waals surface area contributed by atoms with Gasteiger partial charge in [-0.2, -0.15) is 0 Å². The van der Waals surface area contributed by atoms with E-state index < -0.39 is 0 Å². The molecule has 0 amide bonds. The molecule has 3 heteroatoms. The third kappa shape index (κ3) is 3.83. The summed E-state index contributed by atoms with van der Waals surface area (Å²) in [5.41, 5.74) is 3.26. The zero-order valence-electron chi connectivity index (χ0n) is 11.7. The van der Waals surface area contributed by atoms with Crippen LogP contribution in [0.15, 0.2) is 42.5 Å². The highest BCUT2D eigenvalue weighted by molar-refractivity contribution is 9.09. The highest BCUT2D eigenvalue weighted by atomic mass is 79.9.